The van der Waals surface area contributed by atoms with Gasteiger partial charge in [-0.1, -0.05) is 20.8 Å². The molecule has 0 radical (unpaired) electrons. The number of nitrogens with two attached hydrogens (primary N) is 2. The smallest absolute Gasteiger partial charge is 0.307 e. The third-order valence-electron chi connectivity index (χ3n) is 2.06. The van der Waals surface area contributed by atoms with Gasteiger partial charge in [0.05, 0.1) is 5.92 Å². The van der Waals surface area contributed by atoms with Gasteiger partial charge >= 0.3 is 5.97 Å². The van der Waals surface area contributed by atoms with Crippen LogP contribution in [0.15, 0.2) is 5.10 Å². The molecule has 0 aromatic carbocycles. The van der Waals surface area contributed by atoms with Crippen LogP contribution in [0.25, 0.3) is 0 Å². The summed E-state index contributed by atoms with van der Waals surface area (Å²) < 4.78 is 0. The van der Waals surface area contributed by atoms with Crippen molar-refractivity contribution in [3.8, 4) is 0 Å². The molecule has 0 aliphatic carbocycles. The third kappa shape index (κ3) is 3.61. The molecule has 6 heteroatoms. The van der Waals surface area contributed by atoms with Crippen molar-refractivity contribution < 1.29 is 9.90 Å². The van der Waals surface area contributed by atoms with E-state index in [1.54, 1.807) is 0 Å². The summed E-state index contributed by atoms with van der Waals surface area (Å²) in [4.78, 5) is 10.9. The number of rotatable bonds is 3. The first-order valence-electron chi connectivity index (χ1n) is 4.29. The first-order chi connectivity index (χ1) is 6.32. The van der Waals surface area contributed by atoms with Crippen LogP contribution in [-0.4, -0.2) is 16.9 Å². The molecule has 6 N–H and O–H groups in total. The third-order valence-corrected chi connectivity index (χ3v) is 2.06. The van der Waals surface area contributed by atoms with Crippen LogP contribution in [0.4, 0.5) is 0 Å². The molecule has 1 unspecified atom stereocenters. The fourth-order valence-electron chi connectivity index (χ4n) is 1.11. The van der Waals surface area contributed by atoms with Gasteiger partial charge in [0.1, 0.15) is 5.84 Å². The zero-order valence-corrected chi connectivity index (χ0v) is 8.74. The fourth-order valence-corrected chi connectivity index (χ4v) is 1.11. The molecular weight excluding hydrogens is 184 g/mol. The monoisotopic (exact) mass is 202 g/mol. The summed E-state index contributed by atoms with van der Waals surface area (Å²) >= 11 is 0. The molecular formula is C8H18N4O2. The molecule has 0 saturated carbocycles. The molecule has 0 aromatic heterocycles. The minimum Gasteiger partial charge on any atom is -0.481 e. The van der Waals surface area contributed by atoms with Crippen LogP contribution < -0.4 is 17.1 Å². The zero-order chi connectivity index (χ0) is 11.4. The molecule has 0 saturated heterocycles. The Hall–Kier alpha value is -1.30. The first-order valence-corrected chi connectivity index (χ1v) is 4.29. The predicted molar refractivity (Wildman–Crippen MR) is 54.1 cm³/mol. The van der Waals surface area contributed by atoms with Crippen molar-refractivity contribution in [1.82, 2.24) is 5.43 Å². The van der Waals surface area contributed by atoms with Crippen molar-refractivity contribution in [2.75, 3.05) is 0 Å². The van der Waals surface area contributed by atoms with Gasteiger partial charge in [0.15, 0.2) is 0 Å². The molecule has 6 nitrogen and oxygen atoms in total. The van der Waals surface area contributed by atoms with Crippen molar-refractivity contribution in [2.45, 2.75) is 27.2 Å². The molecule has 0 heterocycles. The molecule has 0 rings (SSSR count). The van der Waals surface area contributed by atoms with Gasteiger partial charge in [0, 0.05) is 6.42 Å². The molecule has 0 aliphatic rings. The van der Waals surface area contributed by atoms with E-state index >= 15 is 0 Å². The van der Waals surface area contributed by atoms with Gasteiger partial charge in [-0.3, -0.25) is 4.79 Å². The quantitative estimate of drug-likeness (QED) is 0.220. The standard InChI is InChI=1S/C8H18N4O2/c1-8(2,3)5(7(13)14)4-6(11-9)12-10/h5H,4,9-10H2,1-3H3,(H,11,12)(H,13,14). The van der Waals surface area contributed by atoms with Gasteiger partial charge in [0.25, 0.3) is 0 Å². The maximum atomic E-state index is 10.9. The second-order valence-corrected chi connectivity index (χ2v) is 4.18. The lowest BCUT2D eigenvalue weighted by Gasteiger charge is -2.26. The maximum Gasteiger partial charge on any atom is 0.307 e. The Kier molecular flexibility index (Phi) is 4.36. The number of nitrogens with one attached hydrogen (secondary N) is 1. The molecule has 82 valence electrons. The summed E-state index contributed by atoms with van der Waals surface area (Å²) in [5.74, 6) is 8.98. The highest BCUT2D eigenvalue weighted by molar-refractivity contribution is 5.86. The Labute approximate surface area is 83.3 Å². The maximum absolute atomic E-state index is 10.9. The molecule has 0 aromatic rings. The number of carboxylic acids is 1. The molecule has 0 bridgehead atoms. The van der Waals surface area contributed by atoms with Gasteiger partial charge in [-0.05, 0) is 5.41 Å². The van der Waals surface area contributed by atoms with E-state index in [-0.39, 0.29) is 17.7 Å². The van der Waals surface area contributed by atoms with Crippen molar-refractivity contribution in [3.63, 3.8) is 0 Å². The Morgan fingerprint density at radius 1 is 1.57 bits per heavy atom. The summed E-state index contributed by atoms with van der Waals surface area (Å²) in [6.45, 7) is 5.53. The lowest BCUT2D eigenvalue weighted by atomic mass is 9.78. The normalized spacial score (nSPS) is 15.0. The Morgan fingerprint density at radius 3 is 2.29 bits per heavy atom. The van der Waals surface area contributed by atoms with E-state index in [0.29, 0.717) is 0 Å². The number of carboxylic acid groups (broad SMARTS) is 1. The van der Waals surface area contributed by atoms with E-state index in [9.17, 15) is 4.79 Å². The summed E-state index contributed by atoms with van der Waals surface area (Å²) in [5, 5.41) is 12.3. The fraction of sp³-hybridized carbons (Fsp3) is 0.750. The van der Waals surface area contributed by atoms with Crippen molar-refractivity contribution in [2.24, 2.45) is 28.1 Å². The number of hydrazone groups is 1. The van der Waals surface area contributed by atoms with Gasteiger partial charge < -0.3 is 16.4 Å². The minimum atomic E-state index is -0.881. The highest BCUT2D eigenvalue weighted by atomic mass is 16.4. The number of nitrogens with zero attached hydrogens (tertiary/aromatic N) is 1. The summed E-state index contributed by atoms with van der Waals surface area (Å²) in [7, 11) is 0. The Morgan fingerprint density at radius 2 is 2.07 bits per heavy atom. The largest absolute Gasteiger partial charge is 0.481 e. The van der Waals surface area contributed by atoms with E-state index < -0.39 is 11.9 Å². The first kappa shape index (κ1) is 12.7. The molecule has 1 atom stereocenters. The van der Waals surface area contributed by atoms with Crippen LogP contribution in [0.1, 0.15) is 27.2 Å². The molecule has 0 fully saturated rings. The highest BCUT2D eigenvalue weighted by Crippen LogP contribution is 2.28. The summed E-state index contributed by atoms with van der Waals surface area (Å²) in [6, 6.07) is 0. The topological polar surface area (TPSA) is 114 Å². The molecule has 14 heavy (non-hydrogen) atoms. The molecule has 0 amide bonds. The number of hydrazine groups is 1. The number of hydrogen-bond acceptors (Lipinski definition) is 4. The van der Waals surface area contributed by atoms with Crippen LogP contribution >= 0.6 is 0 Å². The van der Waals surface area contributed by atoms with Crippen LogP contribution in [0.5, 0.6) is 0 Å². The zero-order valence-electron chi connectivity index (χ0n) is 8.74. The number of carbonyl (C=O) groups is 1. The second-order valence-electron chi connectivity index (χ2n) is 4.18. The molecule has 0 spiro atoms. The van der Waals surface area contributed by atoms with Gasteiger partial charge in [0.2, 0.25) is 0 Å². The average molecular weight is 202 g/mol. The highest BCUT2D eigenvalue weighted by Gasteiger charge is 2.32. The van der Waals surface area contributed by atoms with Crippen LogP contribution in [0, 0.1) is 11.3 Å². The van der Waals surface area contributed by atoms with Crippen LogP contribution in [0.2, 0.25) is 0 Å². The van der Waals surface area contributed by atoms with E-state index in [0.717, 1.165) is 0 Å². The SMILES string of the molecule is CC(C)(C)C(C/C(=N/N)NN)C(=O)O. The lowest BCUT2D eigenvalue weighted by molar-refractivity contribution is -0.145. The lowest BCUT2D eigenvalue weighted by Crippen LogP contribution is -2.38. The number of aliphatic carboxylic acids is 1. The minimum absolute atomic E-state index is 0.200. The summed E-state index contributed by atoms with van der Waals surface area (Å²) in [6.07, 6.45) is 0.200. The van der Waals surface area contributed by atoms with Crippen molar-refractivity contribution in [3.05, 3.63) is 0 Å². The van der Waals surface area contributed by atoms with Gasteiger partial charge in [-0.25, -0.2) is 5.84 Å². The van der Waals surface area contributed by atoms with E-state index in [2.05, 4.69) is 10.5 Å². The average Bonchev–Trinajstić information content (AvgIpc) is 2.03. The Balaban J connectivity index is 4.63. The van der Waals surface area contributed by atoms with Crippen molar-refractivity contribution in [1.29, 1.82) is 0 Å². The van der Waals surface area contributed by atoms with E-state index in [1.165, 1.54) is 0 Å². The van der Waals surface area contributed by atoms with Gasteiger partial charge in [-0.15, -0.1) is 0 Å². The summed E-state index contributed by atoms with van der Waals surface area (Å²) in [5.41, 5.74) is 1.91. The number of hydrogen-bond donors (Lipinski definition) is 4. The second kappa shape index (κ2) is 4.80. The van der Waals surface area contributed by atoms with Gasteiger partial charge in [-0.2, -0.15) is 5.10 Å². The van der Waals surface area contributed by atoms with Crippen molar-refractivity contribution >= 4 is 11.8 Å². The number of amidine groups is 1. The van der Waals surface area contributed by atoms with Crippen LogP contribution in [0.3, 0.4) is 0 Å². The Bertz CT molecular complexity index is 232. The molecule has 0 aliphatic heterocycles. The predicted octanol–water partition coefficient (Wildman–Crippen LogP) is -0.141. The van der Waals surface area contributed by atoms with E-state index in [1.807, 2.05) is 20.8 Å². The van der Waals surface area contributed by atoms with Crippen LogP contribution in [-0.2, 0) is 4.79 Å². The van der Waals surface area contributed by atoms with E-state index in [4.69, 9.17) is 16.8 Å².